The van der Waals surface area contributed by atoms with Crippen LogP contribution in [0.25, 0.3) is 0 Å². The molecule has 1 saturated heterocycles. The molecular weight excluding hydrogens is 208 g/mol. The zero-order valence-corrected chi connectivity index (χ0v) is 9.15. The standard InChI is InChI=1S/C12H12O4/c1-8-3-5-9(6-4-8)12(2)15-10(13)7-11(14)16-12/h3-6H,7H2,1-2H3. The number of ether oxygens (including phenoxy) is 2. The van der Waals surface area contributed by atoms with E-state index in [4.69, 9.17) is 9.47 Å². The van der Waals surface area contributed by atoms with Crippen LogP contribution >= 0.6 is 0 Å². The third-order valence-electron chi connectivity index (χ3n) is 2.48. The van der Waals surface area contributed by atoms with Crippen molar-refractivity contribution in [1.82, 2.24) is 0 Å². The van der Waals surface area contributed by atoms with Gasteiger partial charge >= 0.3 is 11.9 Å². The van der Waals surface area contributed by atoms with Crippen molar-refractivity contribution in [2.75, 3.05) is 0 Å². The first-order valence-corrected chi connectivity index (χ1v) is 5.00. The number of carbonyl (C=O) groups excluding carboxylic acids is 2. The van der Waals surface area contributed by atoms with Crippen molar-refractivity contribution in [2.24, 2.45) is 0 Å². The van der Waals surface area contributed by atoms with Crippen LogP contribution in [-0.4, -0.2) is 11.9 Å². The molecule has 0 saturated carbocycles. The van der Waals surface area contributed by atoms with Crippen LogP contribution in [0.2, 0.25) is 0 Å². The lowest BCUT2D eigenvalue weighted by Gasteiger charge is -2.32. The second kappa shape index (κ2) is 3.63. The summed E-state index contributed by atoms with van der Waals surface area (Å²) in [5.74, 6) is -2.40. The van der Waals surface area contributed by atoms with E-state index in [1.54, 1.807) is 19.1 Å². The van der Waals surface area contributed by atoms with E-state index in [-0.39, 0.29) is 6.42 Å². The number of benzene rings is 1. The zero-order valence-electron chi connectivity index (χ0n) is 9.15. The fraction of sp³-hybridized carbons (Fsp3) is 0.333. The molecule has 1 aliphatic heterocycles. The van der Waals surface area contributed by atoms with Crippen LogP contribution in [0.5, 0.6) is 0 Å². The van der Waals surface area contributed by atoms with Crippen molar-refractivity contribution >= 4 is 11.9 Å². The number of hydrogen-bond donors (Lipinski definition) is 0. The Morgan fingerprint density at radius 1 is 1.06 bits per heavy atom. The number of carbonyl (C=O) groups is 2. The van der Waals surface area contributed by atoms with E-state index in [0.29, 0.717) is 5.56 Å². The normalized spacial score (nSPS) is 18.9. The van der Waals surface area contributed by atoms with Gasteiger partial charge in [0.05, 0.1) is 0 Å². The van der Waals surface area contributed by atoms with Gasteiger partial charge in [0.2, 0.25) is 0 Å². The maximum atomic E-state index is 11.2. The minimum atomic E-state index is -1.29. The third-order valence-corrected chi connectivity index (χ3v) is 2.48. The molecule has 84 valence electrons. The maximum absolute atomic E-state index is 11.2. The summed E-state index contributed by atoms with van der Waals surface area (Å²) in [5.41, 5.74) is 1.74. The van der Waals surface area contributed by atoms with Gasteiger partial charge in [0.25, 0.3) is 5.79 Å². The average Bonchev–Trinajstić information content (AvgIpc) is 2.16. The highest BCUT2D eigenvalue weighted by Gasteiger charge is 2.40. The molecule has 0 amide bonds. The van der Waals surface area contributed by atoms with Gasteiger partial charge in [0.1, 0.15) is 6.42 Å². The monoisotopic (exact) mass is 220 g/mol. The molecule has 4 heteroatoms. The van der Waals surface area contributed by atoms with E-state index < -0.39 is 17.7 Å². The van der Waals surface area contributed by atoms with Crippen molar-refractivity contribution in [3.8, 4) is 0 Å². The summed E-state index contributed by atoms with van der Waals surface area (Å²) in [4.78, 5) is 22.4. The smallest absolute Gasteiger partial charge is 0.320 e. The maximum Gasteiger partial charge on any atom is 0.320 e. The summed E-state index contributed by atoms with van der Waals surface area (Å²) in [5, 5.41) is 0. The lowest BCUT2D eigenvalue weighted by Crippen LogP contribution is -2.40. The average molecular weight is 220 g/mol. The van der Waals surface area contributed by atoms with E-state index in [0.717, 1.165) is 5.56 Å². The Bertz CT molecular complexity index is 417. The molecule has 1 heterocycles. The Labute approximate surface area is 93.2 Å². The van der Waals surface area contributed by atoms with Crippen molar-refractivity contribution < 1.29 is 19.1 Å². The summed E-state index contributed by atoms with van der Waals surface area (Å²) in [7, 11) is 0. The van der Waals surface area contributed by atoms with E-state index >= 15 is 0 Å². The summed E-state index contributed by atoms with van der Waals surface area (Å²) < 4.78 is 10.2. The van der Waals surface area contributed by atoms with E-state index in [9.17, 15) is 9.59 Å². The van der Waals surface area contributed by atoms with Crippen LogP contribution in [0.1, 0.15) is 24.5 Å². The summed E-state index contributed by atoms with van der Waals surface area (Å²) in [6.45, 7) is 3.51. The van der Waals surface area contributed by atoms with Crippen LogP contribution in [0.15, 0.2) is 24.3 Å². The van der Waals surface area contributed by atoms with Crippen molar-refractivity contribution in [3.63, 3.8) is 0 Å². The molecule has 0 spiro atoms. The van der Waals surface area contributed by atoms with Gasteiger partial charge in [-0.3, -0.25) is 9.59 Å². The van der Waals surface area contributed by atoms with Crippen molar-refractivity contribution in [1.29, 1.82) is 0 Å². The van der Waals surface area contributed by atoms with E-state index in [1.165, 1.54) is 0 Å². The number of rotatable bonds is 1. The fourth-order valence-corrected chi connectivity index (χ4v) is 1.62. The van der Waals surface area contributed by atoms with Crippen LogP contribution in [0.4, 0.5) is 0 Å². The molecule has 16 heavy (non-hydrogen) atoms. The summed E-state index contributed by atoms with van der Waals surface area (Å²) in [6, 6.07) is 7.30. The van der Waals surface area contributed by atoms with Gasteiger partial charge < -0.3 is 9.47 Å². The first-order valence-electron chi connectivity index (χ1n) is 5.00. The molecule has 0 aliphatic carbocycles. The third kappa shape index (κ3) is 1.91. The largest absolute Gasteiger partial charge is 0.418 e. The molecule has 1 aliphatic rings. The quantitative estimate of drug-likeness (QED) is 0.533. The number of cyclic esters (lactones) is 2. The van der Waals surface area contributed by atoms with Crippen molar-refractivity contribution in [2.45, 2.75) is 26.1 Å². The molecule has 4 nitrogen and oxygen atoms in total. The minimum absolute atomic E-state index is 0.318. The van der Waals surface area contributed by atoms with Crippen LogP contribution < -0.4 is 0 Å². The lowest BCUT2D eigenvalue weighted by atomic mass is 10.0. The predicted octanol–water partition coefficient (Wildman–Crippen LogP) is 1.66. The van der Waals surface area contributed by atoms with E-state index in [2.05, 4.69) is 0 Å². The van der Waals surface area contributed by atoms with Gasteiger partial charge in [-0.2, -0.15) is 0 Å². The first-order chi connectivity index (χ1) is 7.49. The Kier molecular flexibility index (Phi) is 2.42. The highest BCUT2D eigenvalue weighted by molar-refractivity contribution is 5.93. The fourth-order valence-electron chi connectivity index (χ4n) is 1.62. The van der Waals surface area contributed by atoms with Crippen molar-refractivity contribution in [3.05, 3.63) is 35.4 Å². The SMILES string of the molecule is Cc1ccc(C2(C)OC(=O)CC(=O)O2)cc1. The molecule has 0 bridgehead atoms. The second-order valence-corrected chi connectivity index (χ2v) is 3.94. The highest BCUT2D eigenvalue weighted by Crippen LogP contribution is 2.31. The van der Waals surface area contributed by atoms with Crippen LogP contribution in [0.3, 0.4) is 0 Å². The van der Waals surface area contributed by atoms with Gasteiger partial charge in [-0.25, -0.2) is 0 Å². The van der Waals surface area contributed by atoms with Gasteiger partial charge in [-0.15, -0.1) is 0 Å². The van der Waals surface area contributed by atoms with Gasteiger partial charge in [0, 0.05) is 12.5 Å². The molecule has 1 fully saturated rings. The number of aryl methyl sites for hydroxylation is 1. The predicted molar refractivity (Wildman–Crippen MR) is 55.3 cm³/mol. The molecule has 0 aromatic heterocycles. The summed E-state index contributed by atoms with van der Waals surface area (Å²) in [6.07, 6.45) is -0.318. The molecule has 0 unspecified atom stereocenters. The second-order valence-electron chi connectivity index (χ2n) is 3.94. The number of hydrogen-bond acceptors (Lipinski definition) is 4. The zero-order chi connectivity index (χ0) is 11.8. The Hall–Kier alpha value is -1.84. The molecule has 0 N–H and O–H groups in total. The summed E-state index contributed by atoms with van der Waals surface area (Å²) >= 11 is 0. The molecule has 2 rings (SSSR count). The molecule has 1 aromatic rings. The Balaban J connectivity index is 2.33. The topological polar surface area (TPSA) is 52.6 Å². The van der Waals surface area contributed by atoms with Gasteiger partial charge in [-0.1, -0.05) is 29.8 Å². The highest BCUT2D eigenvalue weighted by atomic mass is 16.7. The molecule has 0 radical (unpaired) electrons. The molecule has 0 atom stereocenters. The van der Waals surface area contributed by atoms with Crippen LogP contribution in [-0.2, 0) is 24.8 Å². The van der Waals surface area contributed by atoms with Gasteiger partial charge in [0.15, 0.2) is 0 Å². The Morgan fingerprint density at radius 2 is 1.56 bits per heavy atom. The Morgan fingerprint density at radius 3 is 2.06 bits per heavy atom. The number of esters is 2. The molecular formula is C12H12O4. The molecule has 1 aromatic carbocycles. The van der Waals surface area contributed by atoms with Crippen LogP contribution in [0, 0.1) is 6.92 Å². The minimum Gasteiger partial charge on any atom is -0.418 e. The van der Waals surface area contributed by atoms with E-state index in [1.807, 2.05) is 19.1 Å². The lowest BCUT2D eigenvalue weighted by molar-refractivity contribution is -0.242. The first kappa shape index (κ1) is 10.7. The van der Waals surface area contributed by atoms with Gasteiger partial charge in [-0.05, 0) is 6.92 Å².